The number of para-hydroxylation sites is 1. The Kier molecular flexibility index (Phi) is 6.80. The number of ether oxygens (including phenoxy) is 1. The lowest BCUT2D eigenvalue weighted by Gasteiger charge is -2.37. The van der Waals surface area contributed by atoms with Gasteiger partial charge in [-0.2, -0.15) is 0 Å². The van der Waals surface area contributed by atoms with E-state index in [0.717, 1.165) is 29.4 Å². The van der Waals surface area contributed by atoms with Crippen LogP contribution in [0.15, 0.2) is 48.5 Å². The van der Waals surface area contributed by atoms with Crippen LogP contribution in [0.25, 0.3) is 10.8 Å². The summed E-state index contributed by atoms with van der Waals surface area (Å²) >= 11 is 0. The number of hydrogen-bond donors (Lipinski definition) is 0. The predicted octanol–water partition coefficient (Wildman–Crippen LogP) is 2.56. The van der Waals surface area contributed by atoms with E-state index in [1.807, 2.05) is 35.2 Å². The molecule has 0 radical (unpaired) electrons. The maximum atomic E-state index is 14.3. The largest absolute Gasteiger partial charge is 0.368 e. The zero-order valence-electron chi connectivity index (χ0n) is 21.3. The Hall–Kier alpha value is -3.79. The summed E-state index contributed by atoms with van der Waals surface area (Å²) in [6, 6.07) is 14.6. The zero-order valence-corrected chi connectivity index (χ0v) is 21.3. The van der Waals surface area contributed by atoms with Crippen molar-refractivity contribution in [2.45, 2.75) is 18.9 Å². The SMILES string of the molecule is O=C(c1nnc(N2CCN(c3ccccc3F)CC2)c2ccccc12)N1CCN(C(=O)C2CCCO2)CC1. The van der Waals surface area contributed by atoms with E-state index in [-0.39, 0.29) is 23.7 Å². The van der Waals surface area contributed by atoms with Gasteiger partial charge in [-0.25, -0.2) is 4.39 Å². The molecule has 3 fully saturated rings. The van der Waals surface area contributed by atoms with Crippen molar-refractivity contribution in [2.75, 3.05) is 68.8 Å². The van der Waals surface area contributed by atoms with E-state index in [1.54, 1.807) is 21.9 Å². The lowest BCUT2D eigenvalue weighted by atomic mass is 10.1. The first kappa shape index (κ1) is 24.5. The van der Waals surface area contributed by atoms with Gasteiger partial charge in [0.1, 0.15) is 11.9 Å². The summed E-state index contributed by atoms with van der Waals surface area (Å²) in [5, 5.41) is 10.6. The second kappa shape index (κ2) is 10.5. The van der Waals surface area contributed by atoms with Gasteiger partial charge in [-0.1, -0.05) is 36.4 Å². The molecule has 3 aliphatic heterocycles. The van der Waals surface area contributed by atoms with Crippen molar-refractivity contribution < 1.29 is 18.7 Å². The van der Waals surface area contributed by atoms with E-state index in [1.165, 1.54) is 6.07 Å². The van der Waals surface area contributed by atoms with Crippen LogP contribution in [0.1, 0.15) is 23.3 Å². The van der Waals surface area contributed by atoms with Gasteiger partial charge in [-0.15, -0.1) is 10.2 Å². The van der Waals surface area contributed by atoms with Crippen molar-refractivity contribution in [1.82, 2.24) is 20.0 Å². The Morgan fingerprint density at radius 2 is 1.45 bits per heavy atom. The molecule has 38 heavy (non-hydrogen) atoms. The third-order valence-electron chi connectivity index (χ3n) is 7.73. The standard InChI is InChI=1S/C28H31FN6O3/c29-22-8-3-4-9-23(22)32-11-13-33(14-12-32)26-21-7-2-1-6-20(21)25(30-31-26)28(37)35-17-15-34(16-18-35)27(36)24-10-5-19-38-24/h1-4,6-9,24H,5,10-19H2. The molecule has 0 aliphatic carbocycles. The molecule has 4 heterocycles. The molecule has 2 aromatic carbocycles. The van der Waals surface area contributed by atoms with Gasteiger partial charge in [-0.3, -0.25) is 9.59 Å². The first-order valence-corrected chi connectivity index (χ1v) is 13.3. The van der Waals surface area contributed by atoms with Gasteiger partial charge in [0.2, 0.25) is 0 Å². The minimum atomic E-state index is -0.340. The van der Waals surface area contributed by atoms with Gasteiger partial charge >= 0.3 is 0 Å². The van der Waals surface area contributed by atoms with Crippen LogP contribution >= 0.6 is 0 Å². The molecule has 10 heteroatoms. The highest BCUT2D eigenvalue weighted by Gasteiger charge is 2.32. The van der Waals surface area contributed by atoms with Gasteiger partial charge in [0.15, 0.2) is 11.5 Å². The van der Waals surface area contributed by atoms with E-state index in [0.29, 0.717) is 70.3 Å². The number of benzene rings is 2. The summed E-state index contributed by atoms with van der Waals surface area (Å²) in [5.74, 6) is 0.372. The lowest BCUT2D eigenvalue weighted by molar-refractivity contribution is -0.142. The zero-order chi connectivity index (χ0) is 26.1. The predicted molar refractivity (Wildman–Crippen MR) is 142 cm³/mol. The van der Waals surface area contributed by atoms with Crippen molar-refractivity contribution in [2.24, 2.45) is 0 Å². The number of rotatable bonds is 4. The summed E-state index contributed by atoms with van der Waals surface area (Å²) in [5.41, 5.74) is 0.940. The number of hydrogen-bond acceptors (Lipinski definition) is 7. The highest BCUT2D eigenvalue weighted by atomic mass is 19.1. The summed E-state index contributed by atoms with van der Waals surface area (Å²) in [7, 11) is 0. The number of carbonyl (C=O) groups excluding carboxylic acids is 2. The average molecular weight is 519 g/mol. The second-order valence-electron chi connectivity index (χ2n) is 9.96. The van der Waals surface area contributed by atoms with E-state index >= 15 is 0 Å². The first-order chi connectivity index (χ1) is 18.6. The van der Waals surface area contributed by atoms with Crippen molar-refractivity contribution in [1.29, 1.82) is 0 Å². The number of carbonyl (C=O) groups is 2. The number of anilines is 2. The number of fused-ring (bicyclic) bond motifs is 1. The number of halogens is 1. The van der Waals surface area contributed by atoms with Gasteiger partial charge < -0.3 is 24.3 Å². The fourth-order valence-corrected chi connectivity index (χ4v) is 5.60. The van der Waals surface area contributed by atoms with Crippen LogP contribution < -0.4 is 9.80 Å². The molecule has 198 valence electrons. The fourth-order valence-electron chi connectivity index (χ4n) is 5.60. The maximum Gasteiger partial charge on any atom is 0.275 e. The lowest BCUT2D eigenvalue weighted by Crippen LogP contribution is -2.53. The summed E-state index contributed by atoms with van der Waals surface area (Å²) in [6.45, 7) is 5.17. The minimum absolute atomic E-state index is 0.0271. The second-order valence-corrected chi connectivity index (χ2v) is 9.96. The van der Waals surface area contributed by atoms with Crippen LogP contribution in [0.3, 0.4) is 0 Å². The molecule has 9 nitrogen and oxygen atoms in total. The third kappa shape index (κ3) is 4.64. The molecule has 0 spiro atoms. The van der Waals surface area contributed by atoms with Crippen LogP contribution in [0.2, 0.25) is 0 Å². The van der Waals surface area contributed by atoms with Gasteiger partial charge in [0, 0.05) is 69.7 Å². The summed E-state index contributed by atoms with van der Waals surface area (Å²) < 4.78 is 19.8. The van der Waals surface area contributed by atoms with E-state index in [4.69, 9.17) is 4.74 Å². The van der Waals surface area contributed by atoms with E-state index < -0.39 is 0 Å². The number of piperazine rings is 2. The molecule has 3 saturated heterocycles. The molecule has 3 aliphatic rings. The molecule has 0 saturated carbocycles. The van der Waals surface area contributed by atoms with Crippen LogP contribution in [0, 0.1) is 5.82 Å². The highest BCUT2D eigenvalue weighted by Crippen LogP contribution is 2.29. The molecule has 0 N–H and O–H groups in total. The van der Waals surface area contributed by atoms with Crippen molar-refractivity contribution in [3.8, 4) is 0 Å². The van der Waals surface area contributed by atoms with Crippen LogP contribution in [0.5, 0.6) is 0 Å². The Balaban J connectivity index is 1.16. The van der Waals surface area contributed by atoms with Crippen molar-refractivity contribution in [3.05, 3.63) is 60.0 Å². The minimum Gasteiger partial charge on any atom is -0.368 e. The van der Waals surface area contributed by atoms with Crippen LogP contribution in [0.4, 0.5) is 15.9 Å². The fraction of sp³-hybridized carbons (Fsp3) is 0.429. The molecule has 1 atom stereocenters. The molecule has 0 bridgehead atoms. The third-order valence-corrected chi connectivity index (χ3v) is 7.73. The Morgan fingerprint density at radius 1 is 0.789 bits per heavy atom. The summed E-state index contributed by atoms with van der Waals surface area (Å²) in [4.78, 5) is 33.9. The van der Waals surface area contributed by atoms with Gasteiger partial charge in [0.05, 0.1) is 5.69 Å². The molecular formula is C28H31FN6O3. The van der Waals surface area contributed by atoms with Crippen LogP contribution in [-0.2, 0) is 9.53 Å². The van der Waals surface area contributed by atoms with Crippen molar-refractivity contribution >= 4 is 34.1 Å². The molecule has 1 aromatic heterocycles. The molecule has 2 amide bonds. The number of aromatic nitrogens is 2. The highest BCUT2D eigenvalue weighted by molar-refractivity contribution is 6.07. The molecule has 3 aromatic rings. The Bertz CT molecular complexity index is 1330. The van der Waals surface area contributed by atoms with E-state index in [9.17, 15) is 14.0 Å². The summed E-state index contributed by atoms with van der Waals surface area (Å²) in [6.07, 6.45) is 1.34. The molecule has 1 unspecified atom stereocenters. The van der Waals surface area contributed by atoms with Crippen molar-refractivity contribution in [3.63, 3.8) is 0 Å². The Labute approximate surface area is 220 Å². The molecular weight excluding hydrogens is 487 g/mol. The number of nitrogens with zero attached hydrogens (tertiary/aromatic N) is 6. The first-order valence-electron chi connectivity index (χ1n) is 13.3. The Morgan fingerprint density at radius 3 is 2.16 bits per heavy atom. The topological polar surface area (TPSA) is 82.1 Å². The normalized spacial score (nSPS) is 20.3. The number of amides is 2. The quantitative estimate of drug-likeness (QED) is 0.525. The van der Waals surface area contributed by atoms with Gasteiger partial charge in [0.25, 0.3) is 11.8 Å². The monoisotopic (exact) mass is 518 g/mol. The molecule has 6 rings (SSSR count). The van der Waals surface area contributed by atoms with Gasteiger partial charge in [-0.05, 0) is 25.0 Å². The van der Waals surface area contributed by atoms with E-state index in [2.05, 4.69) is 15.1 Å². The maximum absolute atomic E-state index is 14.3. The smallest absolute Gasteiger partial charge is 0.275 e. The van der Waals surface area contributed by atoms with Crippen LogP contribution in [-0.4, -0.2) is 96.9 Å². The average Bonchev–Trinajstić information content (AvgIpc) is 3.52.